The van der Waals surface area contributed by atoms with E-state index >= 15 is 0 Å². The molecule has 0 aliphatic rings. The lowest BCUT2D eigenvalue weighted by Crippen LogP contribution is -2.31. The zero-order valence-corrected chi connectivity index (χ0v) is 17.8. The van der Waals surface area contributed by atoms with Gasteiger partial charge in [0.05, 0.1) is 19.1 Å². The number of hydrogen-bond acceptors (Lipinski definition) is 8. The number of anilines is 2. The fourth-order valence-electron chi connectivity index (χ4n) is 2.26. The van der Waals surface area contributed by atoms with E-state index in [1.165, 1.54) is 22.8 Å². The van der Waals surface area contributed by atoms with Crippen LogP contribution in [0.5, 0.6) is 5.75 Å². The van der Waals surface area contributed by atoms with Gasteiger partial charge in [0.2, 0.25) is 21.1 Å². The Balaban J connectivity index is 1.93. The minimum atomic E-state index is -3.48. The molecule has 27 heavy (non-hydrogen) atoms. The first-order valence-corrected chi connectivity index (χ1v) is 11.9. The molecule has 0 saturated heterocycles. The monoisotopic (exact) mass is 430 g/mol. The second-order valence-electron chi connectivity index (χ2n) is 5.49. The molecule has 1 aromatic heterocycles. The predicted molar refractivity (Wildman–Crippen MR) is 109 cm³/mol. The van der Waals surface area contributed by atoms with E-state index in [1.807, 2.05) is 6.92 Å². The van der Waals surface area contributed by atoms with Crippen LogP contribution in [-0.2, 0) is 14.8 Å². The molecule has 0 spiro atoms. The van der Waals surface area contributed by atoms with Gasteiger partial charge in [-0.2, -0.15) is 0 Å². The number of ether oxygens (including phenoxy) is 1. The van der Waals surface area contributed by atoms with Crippen LogP contribution in [0.25, 0.3) is 0 Å². The van der Waals surface area contributed by atoms with Gasteiger partial charge in [0.1, 0.15) is 5.75 Å². The van der Waals surface area contributed by atoms with Crippen LogP contribution in [0.15, 0.2) is 28.6 Å². The molecule has 0 aliphatic carbocycles. The Morgan fingerprint density at radius 3 is 2.81 bits per heavy atom. The Kier molecular flexibility index (Phi) is 7.87. The third kappa shape index (κ3) is 6.67. The van der Waals surface area contributed by atoms with Crippen LogP contribution in [0.4, 0.5) is 10.8 Å². The predicted octanol–water partition coefficient (Wildman–Crippen LogP) is 2.84. The molecule has 1 heterocycles. The summed E-state index contributed by atoms with van der Waals surface area (Å²) in [5.41, 5.74) is 0.502. The summed E-state index contributed by atoms with van der Waals surface area (Å²) in [5, 5.41) is 11.0. The van der Waals surface area contributed by atoms with Gasteiger partial charge in [-0.05, 0) is 24.3 Å². The summed E-state index contributed by atoms with van der Waals surface area (Å²) in [6.07, 6.45) is 1.68. The average Bonchev–Trinajstić information content (AvgIpc) is 3.05. The fraction of sp³-hybridized carbons (Fsp3) is 0.438. The number of amides is 1. The molecule has 0 fully saturated rings. The molecule has 0 bridgehead atoms. The van der Waals surface area contributed by atoms with E-state index in [0.29, 0.717) is 23.0 Å². The van der Waals surface area contributed by atoms with Crippen LogP contribution in [0.2, 0.25) is 0 Å². The third-order valence-electron chi connectivity index (χ3n) is 3.43. The topological polar surface area (TPSA) is 101 Å². The first kappa shape index (κ1) is 21.5. The molecule has 0 saturated carbocycles. The lowest BCUT2D eigenvalue weighted by Gasteiger charge is -2.22. The van der Waals surface area contributed by atoms with E-state index < -0.39 is 10.0 Å². The molecule has 0 unspecified atom stereocenters. The van der Waals surface area contributed by atoms with Crippen molar-refractivity contribution in [3.63, 3.8) is 0 Å². The largest absolute Gasteiger partial charge is 0.497 e. The van der Waals surface area contributed by atoms with Gasteiger partial charge in [-0.25, -0.2) is 8.42 Å². The number of carbonyl (C=O) groups is 1. The molecule has 0 radical (unpaired) electrons. The van der Waals surface area contributed by atoms with E-state index in [0.717, 1.165) is 16.3 Å². The van der Waals surface area contributed by atoms with Crippen molar-refractivity contribution in [2.45, 2.75) is 24.1 Å². The van der Waals surface area contributed by atoms with Gasteiger partial charge < -0.3 is 10.1 Å². The molecule has 11 heteroatoms. The fourth-order valence-corrected chi connectivity index (χ4v) is 4.88. The molecule has 2 rings (SSSR count). The number of rotatable bonds is 10. The molecule has 148 valence electrons. The van der Waals surface area contributed by atoms with Crippen LogP contribution < -0.4 is 14.4 Å². The normalized spacial score (nSPS) is 11.2. The van der Waals surface area contributed by atoms with Crippen molar-refractivity contribution in [1.82, 2.24) is 10.2 Å². The number of benzene rings is 1. The van der Waals surface area contributed by atoms with Gasteiger partial charge in [0.15, 0.2) is 4.34 Å². The lowest BCUT2D eigenvalue weighted by molar-refractivity contribution is -0.116. The second kappa shape index (κ2) is 9.90. The highest BCUT2D eigenvalue weighted by Crippen LogP contribution is 2.25. The number of thioether (sulfide) groups is 1. The number of carbonyl (C=O) groups excluding carboxylic acids is 1. The van der Waals surface area contributed by atoms with Crippen LogP contribution in [0.1, 0.15) is 19.8 Å². The number of nitrogens with one attached hydrogen (secondary N) is 1. The third-order valence-corrected chi connectivity index (χ3v) is 6.48. The van der Waals surface area contributed by atoms with Crippen molar-refractivity contribution in [3.8, 4) is 5.75 Å². The summed E-state index contributed by atoms with van der Waals surface area (Å²) in [7, 11) is -1.96. The van der Waals surface area contributed by atoms with Crippen LogP contribution in [0.3, 0.4) is 0 Å². The van der Waals surface area contributed by atoms with Gasteiger partial charge >= 0.3 is 0 Å². The van der Waals surface area contributed by atoms with E-state index in [-0.39, 0.29) is 18.9 Å². The van der Waals surface area contributed by atoms with Crippen molar-refractivity contribution in [3.05, 3.63) is 24.3 Å². The molecule has 1 amide bonds. The first-order chi connectivity index (χ1) is 12.8. The maximum absolute atomic E-state index is 12.1. The van der Waals surface area contributed by atoms with Crippen LogP contribution in [-0.4, -0.2) is 50.2 Å². The molecule has 8 nitrogen and oxygen atoms in total. The Morgan fingerprint density at radius 2 is 2.15 bits per heavy atom. The summed E-state index contributed by atoms with van der Waals surface area (Å²) in [4.78, 5) is 12.1. The standard InChI is InChI=1S/C16H22N4O4S3/c1-4-25-16-19-18-15(26-16)17-14(21)9-6-10-20(27(3,22)23)12-7-5-8-13(11-12)24-2/h5,7-8,11H,4,6,9-10H2,1-3H3,(H,17,18,21). The quantitative estimate of drug-likeness (QED) is 0.457. The highest BCUT2D eigenvalue weighted by molar-refractivity contribution is 8.01. The van der Waals surface area contributed by atoms with E-state index in [9.17, 15) is 13.2 Å². The van der Waals surface area contributed by atoms with Crippen molar-refractivity contribution >= 4 is 49.8 Å². The van der Waals surface area contributed by atoms with E-state index in [4.69, 9.17) is 4.74 Å². The van der Waals surface area contributed by atoms with Gasteiger partial charge in [0.25, 0.3) is 0 Å². The smallest absolute Gasteiger partial charge is 0.232 e. The SMILES string of the molecule is CCSc1nnc(NC(=O)CCCN(c2cccc(OC)c2)S(C)(=O)=O)s1. The Morgan fingerprint density at radius 1 is 1.37 bits per heavy atom. The minimum absolute atomic E-state index is 0.172. The van der Waals surface area contributed by atoms with E-state index in [2.05, 4.69) is 15.5 Å². The number of aromatic nitrogens is 2. The molecular weight excluding hydrogens is 408 g/mol. The van der Waals surface area contributed by atoms with Crippen molar-refractivity contribution in [1.29, 1.82) is 0 Å². The Hall–Kier alpha value is -1.85. The van der Waals surface area contributed by atoms with Crippen LogP contribution >= 0.6 is 23.1 Å². The molecule has 1 aromatic carbocycles. The maximum atomic E-state index is 12.1. The van der Waals surface area contributed by atoms with Crippen molar-refractivity contribution < 1.29 is 17.9 Å². The summed E-state index contributed by atoms with van der Waals surface area (Å²) < 4.78 is 31.5. The molecule has 0 atom stereocenters. The Bertz CT molecular complexity index is 870. The van der Waals surface area contributed by atoms with Gasteiger partial charge in [-0.3, -0.25) is 9.10 Å². The lowest BCUT2D eigenvalue weighted by atomic mass is 10.2. The molecule has 0 aliphatic heterocycles. The summed E-state index contributed by atoms with van der Waals surface area (Å²) in [6.45, 7) is 2.20. The Labute approximate surface area is 167 Å². The van der Waals surface area contributed by atoms with Crippen LogP contribution in [0, 0.1) is 0 Å². The summed E-state index contributed by atoms with van der Waals surface area (Å²) in [5.74, 6) is 1.22. The highest BCUT2D eigenvalue weighted by Gasteiger charge is 2.18. The first-order valence-electron chi connectivity index (χ1n) is 8.21. The number of hydrogen-bond donors (Lipinski definition) is 1. The zero-order chi connectivity index (χ0) is 19.9. The maximum Gasteiger partial charge on any atom is 0.232 e. The molecular formula is C16H22N4O4S3. The van der Waals surface area contributed by atoms with Gasteiger partial charge in [-0.15, -0.1) is 10.2 Å². The van der Waals surface area contributed by atoms with Gasteiger partial charge in [-0.1, -0.05) is 36.1 Å². The summed E-state index contributed by atoms with van der Waals surface area (Å²) in [6, 6.07) is 6.80. The molecule has 1 N–H and O–H groups in total. The number of nitrogens with zero attached hydrogens (tertiary/aromatic N) is 3. The highest BCUT2D eigenvalue weighted by atomic mass is 32.2. The zero-order valence-electron chi connectivity index (χ0n) is 15.3. The summed E-state index contributed by atoms with van der Waals surface area (Å²) >= 11 is 2.88. The molecule has 2 aromatic rings. The average molecular weight is 431 g/mol. The van der Waals surface area contributed by atoms with Crippen molar-refractivity contribution in [2.75, 3.05) is 35.3 Å². The second-order valence-corrected chi connectivity index (χ2v) is 9.89. The van der Waals surface area contributed by atoms with Crippen molar-refractivity contribution in [2.24, 2.45) is 0 Å². The number of sulfonamides is 1. The number of methoxy groups -OCH3 is 1. The minimum Gasteiger partial charge on any atom is -0.497 e. The van der Waals surface area contributed by atoms with Gasteiger partial charge in [0, 0.05) is 19.0 Å². The van der Waals surface area contributed by atoms with E-state index in [1.54, 1.807) is 36.0 Å².